The van der Waals surface area contributed by atoms with Gasteiger partial charge in [0.15, 0.2) is 0 Å². The number of hydrogen-bond acceptors (Lipinski definition) is 3. The number of carbonyl (C=O) groups is 1. The van der Waals surface area contributed by atoms with Crippen LogP contribution < -0.4 is 0 Å². The number of hydrogen-bond donors (Lipinski definition) is 0. The zero-order valence-corrected chi connectivity index (χ0v) is 13.1. The summed E-state index contributed by atoms with van der Waals surface area (Å²) in [5, 5.41) is 0. The van der Waals surface area contributed by atoms with Crippen LogP contribution in [0.5, 0.6) is 0 Å². The molecule has 0 aliphatic carbocycles. The monoisotopic (exact) mass is 282 g/mol. The van der Waals surface area contributed by atoms with Crippen LogP contribution in [0.4, 0.5) is 0 Å². The predicted octanol–water partition coefficient (Wildman–Crippen LogP) is 2.28. The quantitative estimate of drug-likeness (QED) is 0.672. The second kappa shape index (κ2) is 7.99. The number of nitrogens with zero attached hydrogens (tertiary/aromatic N) is 2. The van der Waals surface area contributed by atoms with Crippen molar-refractivity contribution in [2.75, 3.05) is 33.3 Å². The van der Waals surface area contributed by atoms with Crippen LogP contribution in [0.25, 0.3) is 0 Å². The molecule has 0 radical (unpaired) electrons. The third-order valence-electron chi connectivity index (χ3n) is 4.73. The van der Waals surface area contributed by atoms with Crippen molar-refractivity contribution in [3.05, 3.63) is 0 Å². The highest BCUT2D eigenvalue weighted by atomic mass is 16.5. The van der Waals surface area contributed by atoms with Gasteiger partial charge in [-0.25, -0.2) is 0 Å². The molecule has 1 amide bonds. The van der Waals surface area contributed by atoms with Crippen LogP contribution in [0.3, 0.4) is 0 Å². The minimum atomic E-state index is 0.228. The Morgan fingerprint density at radius 3 is 2.85 bits per heavy atom. The lowest BCUT2D eigenvalue weighted by molar-refractivity contribution is -0.143. The number of fused-ring (bicyclic) bond motifs is 2. The van der Waals surface area contributed by atoms with E-state index in [0.29, 0.717) is 12.3 Å². The van der Waals surface area contributed by atoms with Gasteiger partial charge in [-0.1, -0.05) is 32.6 Å². The number of likely N-dealkylation sites (N-methyl/N-ethyl adjacent to an activating group) is 1. The first-order chi connectivity index (χ1) is 9.72. The van der Waals surface area contributed by atoms with Gasteiger partial charge in [-0.2, -0.15) is 0 Å². The molecule has 2 bridgehead atoms. The molecule has 2 aliphatic heterocycles. The van der Waals surface area contributed by atoms with Crippen molar-refractivity contribution in [3.63, 3.8) is 0 Å². The average molecular weight is 282 g/mol. The van der Waals surface area contributed by atoms with Gasteiger partial charge in [-0.05, 0) is 12.8 Å². The molecular formula is C16H30N2O2. The molecule has 0 N–H and O–H groups in total. The van der Waals surface area contributed by atoms with Gasteiger partial charge in [0, 0.05) is 33.1 Å². The Bertz CT molecular complexity index is 309. The van der Waals surface area contributed by atoms with Gasteiger partial charge in [-0.3, -0.25) is 9.69 Å². The van der Waals surface area contributed by atoms with E-state index in [1.807, 2.05) is 11.9 Å². The van der Waals surface area contributed by atoms with Gasteiger partial charge in [0.1, 0.15) is 0 Å². The lowest BCUT2D eigenvalue weighted by atomic mass is 9.98. The third-order valence-corrected chi connectivity index (χ3v) is 4.73. The third kappa shape index (κ3) is 4.19. The topological polar surface area (TPSA) is 32.8 Å². The first kappa shape index (κ1) is 15.8. The molecular weight excluding hydrogens is 252 g/mol. The summed E-state index contributed by atoms with van der Waals surface area (Å²) in [4.78, 5) is 16.7. The molecule has 2 heterocycles. The summed E-state index contributed by atoms with van der Waals surface area (Å²) in [6, 6.07) is 0.287. The van der Waals surface area contributed by atoms with Crippen LogP contribution in [0, 0.1) is 0 Å². The second-order valence-corrected chi connectivity index (χ2v) is 6.23. The van der Waals surface area contributed by atoms with E-state index in [9.17, 15) is 4.79 Å². The molecule has 0 spiro atoms. The molecule has 3 atom stereocenters. The molecule has 2 fully saturated rings. The van der Waals surface area contributed by atoms with Gasteiger partial charge < -0.3 is 9.64 Å². The van der Waals surface area contributed by atoms with Crippen molar-refractivity contribution >= 4 is 5.91 Å². The zero-order chi connectivity index (χ0) is 14.4. The van der Waals surface area contributed by atoms with Crippen LogP contribution in [0.1, 0.15) is 51.9 Å². The number of piperidine rings is 1. The van der Waals surface area contributed by atoms with E-state index >= 15 is 0 Å². The van der Waals surface area contributed by atoms with Gasteiger partial charge in [0.2, 0.25) is 5.91 Å². The molecule has 2 rings (SSSR count). The minimum Gasteiger partial charge on any atom is -0.373 e. The van der Waals surface area contributed by atoms with Crippen molar-refractivity contribution in [2.24, 2.45) is 0 Å². The summed E-state index contributed by atoms with van der Waals surface area (Å²) in [6.45, 7) is 6.20. The highest BCUT2D eigenvalue weighted by molar-refractivity contribution is 5.76. The molecule has 116 valence electrons. The number of carbonyl (C=O) groups excluding carboxylic acids is 1. The molecule has 0 aromatic carbocycles. The number of rotatable bonds is 7. The Hall–Kier alpha value is -0.610. The lowest BCUT2D eigenvalue weighted by Gasteiger charge is -2.45. The maximum atomic E-state index is 12.3. The van der Waals surface area contributed by atoms with Gasteiger partial charge in [-0.15, -0.1) is 0 Å². The maximum Gasteiger partial charge on any atom is 0.222 e. The van der Waals surface area contributed by atoms with E-state index in [1.165, 1.54) is 25.7 Å². The lowest BCUT2D eigenvalue weighted by Crippen LogP contribution is -2.58. The van der Waals surface area contributed by atoms with E-state index in [-0.39, 0.29) is 12.1 Å². The first-order valence-corrected chi connectivity index (χ1v) is 8.32. The smallest absolute Gasteiger partial charge is 0.222 e. The van der Waals surface area contributed by atoms with E-state index in [0.717, 1.165) is 39.1 Å². The standard InChI is InChI=1S/C16H30N2O2/c1-3-4-5-6-7-8-16(19)17(2)14-9-10-18-11-12-20-15(14)13-18/h14-15H,3-13H2,1-2H3/t14-,15-/m0/s1. The number of ether oxygens (including phenoxy) is 1. The van der Waals surface area contributed by atoms with Crippen LogP contribution in [0.2, 0.25) is 0 Å². The fourth-order valence-corrected chi connectivity index (χ4v) is 3.35. The van der Waals surface area contributed by atoms with Crippen molar-refractivity contribution in [1.82, 2.24) is 9.80 Å². The second-order valence-electron chi connectivity index (χ2n) is 6.23. The normalized spacial score (nSPS) is 29.2. The van der Waals surface area contributed by atoms with Crippen LogP contribution in [-0.2, 0) is 9.53 Å². The fraction of sp³-hybridized carbons (Fsp3) is 0.938. The predicted molar refractivity (Wildman–Crippen MR) is 80.7 cm³/mol. The Kier molecular flexibility index (Phi) is 6.30. The Balaban J connectivity index is 1.72. The molecule has 1 unspecified atom stereocenters. The number of morpholine rings is 1. The summed E-state index contributed by atoms with van der Waals surface area (Å²) in [5.74, 6) is 0.300. The van der Waals surface area contributed by atoms with Crippen molar-refractivity contribution in [2.45, 2.75) is 64.0 Å². The van der Waals surface area contributed by atoms with Crippen molar-refractivity contribution in [3.8, 4) is 0 Å². The van der Waals surface area contributed by atoms with Gasteiger partial charge in [0.25, 0.3) is 0 Å². The maximum absolute atomic E-state index is 12.3. The zero-order valence-electron chi connectivity index (χ0n) is 13.1. The van der Waals surface area contributed by atoms with E-state index in [2.05, 4.69) is 11.8 Å². The molecule has 0 saturated carbocycles. The van der Waals surface area contributed by atoms with Crippen molar-refractivity contribution < 1.29 is 9.53 Å². The SMILES string of the molecule is CCCCCCCC(=O)N(C)[C@H]1CCN2CCO[C@H]1C2. The summed E-state index contributed by atoms with van der Waals surface area (Å²) >= 11 is 0. The molecule has 20 heavy (non-hydrogen) atoms. The van der Waals surface area contributed by atoms with E-state index in [1.54, 1.807) is 0 Å². The van der Waals surface area contributed by atoms with Gasteiger partial charge in [0.05, 0.1) is 18.8 Å². The fourth-order valence-electron chi connectivity index (χ4n) is 3.35. The minimum absolute atomic E-state index is 0.228. The summed E-state index contributed by atoms with van der Waals surface area (Å²) in [6.07, 6.45) is 8.02. The van der Waals surface area contributed by atoms with Gasteiger partial charge >= 0.3 is 0 Å². The molecule has 2 aliphatic rings. The van der Waals surface area contributed by atoms with E-state index < -0.39 is 0 Å². The summed E-state index contributed by atoms with van der Waals surface area (Å²) in [5.41, 5.74) is 0. The number of unbranched alkanes of at least 4 members (excludes halogenated alkanes) is 4. The highest BCUT2D eigenvalue weighted by Crippen LogP contribution is 2.22. The largest absolute Gasteiger partial charge is 0.373 e. The van der Waals surface area contributed by atoms with Crippen LogP contribution >= 0.6 is 0 Å². The summed E-state index contributed by atoms with van der Waals surface area (Å²) in [7, 11) is 1.96. The molecule has 2 saturated heterocycles. The highest BCUT2D eigenvalue weighted by Gasteiger charge is 2.36. The molecule has 0 aromatic rings. The Morgan fingerprint density at radius 1 is 1.25 bits per heavy atom. The van der Waals surface area contributed by atoms with Crippen LogP contribution in [-0.4, -0.2) is 61.1 Å². The summed E-state index contributed by atoms with van der Waals surface area (Å²) < 4.78 is 5.85. The first-order valence-electron chi connectivity index (χ1n) is 8.32. The number of amides is 1. The Labute approximate surface area is 123 Å². The molecule has 0 aromatic heterocycles. The average Bonchev–Trinajstić information content (AvgIpc) is 2.47. The molecule has 4 heteroatoms. The van der Waals surface area contributed by atoms with Crippen molar-refractivity contribution in [1.29, 1.82) is 0 Å². The van der Waals surface area contributed by atoms with E-state index in [4.69, 9.17) is 4.74 Å². The Morgan fingerprint density at radius 2 is 2.05 bits per heavy atom. The van der Waals surface area contributed by atoms with Crippen LogP contribution in [0.15, 0.2) is 0 Å². The molecule has 4 nitrogen and oxygen atoms in total.